The molecule has 1 heterocycles. The maximum atomic E-state index is 12.4. The molecule has 104 valence electrons. The lowest BCUT2D eigenvalue weighted by atomic mass is 10.1. The Kier molecular flexibility index (Phi) is 3.02. The molecule has 0 saturated heterocycles. The van der Waals surface area contributed by atoms with Gasteiger partial charge < -0.3 is 5.11 Å². The number of phenolic OH excluding ortho intramolecular Hbond substituents is 1. The lowest BCUT2D eigenvalue weighted by Crippen LogP contribution is -2.34. The quantitative estimate of drug-likeness (QED) is 0.872. The van der Waals surface area contributed by atoms with Crippen LogP contribution in [0, 0.1) is 0 Å². The third-order valence-corrected chi connectivity index (χ3v) is 3.23. The predicted octanol–water partition coefficient (Wildman–Crippen LogP) is 2.41. The number of hydrogen-bond acceptors (Lipinski definition) is 4. The van der Waals surface area contributed by atoms with Crippen LogP contribution in [0.3, 0.4) is 0 Å². The molecule has 0 fully saturated rings. The topological polar surface area (TPSA) is 70.0 Å². The van der Waals surface area contributed by atoms with Gasteiger partial charge in [0.1, 0.15) is 17.1 Å². The summed E-state index contributed by atoms with van der Waals surface area (Å²) >= 11 is 0. The van der Waals surface area contributed by atoms with Crippen molar-refractivity contribution in [1.29, 1.82) is 0 Å². The normalized spacial score (nSPS) is 15.4. The van der Waals surface area contributed by atoms with E-state index in [9.17, 15) is 14.7 Å². The summed E-state index contributed by atoms with van der Waals surface area (Å²) in [7, 11) is 0. The molecule has 0 saturated carbocycles. The monoisotopic (exact) mass is 280 g/mol. The second kappa shape index (κ2) is 4.86. The van der Waals surface area contributed by atoms with Crippen molar-refractivity contribution in [2.45, 2.75) is 6.92 Å². The lowest BCUT2D eigenvalue weighted by molar-refractivity contribution is -0.121. The molecule has 5 heteroatoms. The molecule has 0 aromatic heterocycles. The number of aliphatic imine (C=N–C) groups is 1. The van der Waals surface area contributed by atoms with Gasteiger partial charge in [0.2, 0.25) is 5.91 Å². The first-order valence-electron chi connectivity index (χ1n) is 6.40. The number of nitrogens with zero attached hydrogens (tertiary/aromatic N) is 2. The van der Waals surface area contributed by atoms with E-state index < -0.39 is 5.91 Å². The van der Waals surface area contributed by atoms with Crippen LogP contribution in [0.2, 0.25) is 0 Å². The molecule has 1 N–H and O–H groups in total. The number of amides is 2. The van der Waals surface area contributed by atoms with Gasteiger partial charge in [-0.1, -0.05) is 30.3 Å². The molecule has 2 amide bonds. The number of carbonyl (C=O) groups is 2. The minimum Gasteiger partial charge on any atom is -0.506 e. The van der Waals surface area contributed by atoms with Crippen LogP contribution in [0.5, 0.6) is 5.75 Å². The van der Waals surface area contributed by atoms with Crippen molar-refractivity contribution in [2.24, 2.45) is 4.99 Å². The third kappa shape index (κ3) is 2.08. The van der Waals surface area contributed by atoms with Crippen molar-refractivity contribution < 1.29 is 14.7 Å². The number of hydrogen-bond donors (Lipinski definition) is 1. The van der Waals surface area contributed by atoms with Crippen molar-refractivity contribution in [3.05, 3.63) is 54.1 Å². The number of benzene rings is 2. The summed E-state index contributed by atoms with van der Waals surface area (Å²) in [6.07, 6.45) is 0. The van der Waals surface area contributed by atoms with E-state index in [0.29, 0.717) is 16.9 Å². The summed E-state index contributed by atoms with van der Waals surface area (Å²) in [4.78, 5) is 29.4. The molecular weight excluding hydrogens is 268 g/mol. The molecule has 0 radical (unpaired) electrons. The summed E-state index contributed by atoms with van der Waals surface area (Å²) in [6, 6.07) is 13.4. The van der Waals surface area contributed by atoms with Gasteiger partial charge in [-0.15, -0.1) is 0 Å². The van der Waals surface area contributed by atoms with Gasteiger partial charge in [0.15, 0.2) is 0 Å². The smallest absolute Gasteiger partial charge is 0.284 e. The highest BCUT2D eigenvalue weighted by atomic mass is 16.3. The first-order chi connectivity index (χ1) is 10.1. The molecular formula is C16H12N2O3. The Balaban J connectivity index is 2.18. The molecule has 2 aromatic rings. The van der Waals surface area contributed by atoms with Gasteiger partial charge in [0.05, 0.1) is 5.69 Å². The van der Waals surface area contributed by atoms with Gasteiger partial charge in [-0.2, -0.15) is 0 Å². The van der Waals surface area contributed by atoms with Crippen molar-refractivity contribution in [2.75, 3.05) is 4.90 Å². The molecule has 0 bridgehead atoms. The van der Waals surface area contributed by atoms with Gasteiger partial charge in [0, 0.05) is 12.5 Å². The molecule has 0 aliphatic carbocycles. The van der Waals surface area contributed by atoms with Gasteiger partial charge in [-0.3, -0.25) is 9.59 Å². The minimum absolute atomic E-state index is 0.0171. The summed E-state index contributed by atoms with van der Waals surface area (Å²) in [5.74, 6) is -0.863. The molecule has 2 aromatic carbocycles. The highest BCUT2D eigenvalue weighted by molar-refractivity contribution is 6.58. The van der Waals surface area contributed by atoms with E-state index in [-0.39, 0.29) is 17.4 Å². The van der Waals surface area contributed by atoms with Crippen LogP contribution in [-0.4, -0.2) is 22.6 Å². The molecule has 0 unspecified atom stereocenters. The van der Waals surface area contributed by atoms with Crippen LogP contribution in [0.25, 0.3) is 0 Å². The van der Waals surface area contributed by atoms with Crippen LogP contribution < -0.4 is 4.90 Å². The van der Waals surface area contributed by atoms with Gasteiger partial charge in [0.25, 0.3) is 5.91 Å². The molecule has 0 spiro atoms. The third-order valence-electron chi connectivity index (χ3n) is 3.23. The minimum atomic E-state index is -0.480. The number of carbonyl (C=O) groups excluding carboxylic acids is 2. The lowest BCUT2D eigenvalue weighted by Gasteiger charge is -2.11. The van der Waals surface area contributed by atoms with Crippen LogP contribution in [0.1, 0.15) is 12.5 Å². The van der Waals surface area contributed by atoms with Crippen molar-refractivity contribution >= 4 is 28.9 Å². The summed E-state index contributed by atoms with van der Waals surface area (Å²) in [5.41, 5.74) is 1.55. The van der Waals surface area contributed by atoms with E-state index in [1.807, 2.05) is 0 Å². The largest absolute Gasteiger partial charge is 0.506 e. The number of aromatic hydroxyl groups is 1. The number of phenols is 1. The Labute approximate surface area is 121 Å². The highest BCUT2D eigenvalue weighted by Gasteiger charge is 2.36. The second-order valence-corrected chi connectivity index (χ2v) is 4.63. The highest BCUT2D eigenvalue weighted by Crippen LogP contribution is 2.33. The first-order valence-corrected chi connectivity index (χ1v) is 6.40. The van der Waals surface area contributed by atoms with Crippen LogP contribution in [0.4, 0.5) is 11.4 Å². The fourth-order valence-corrected chi connectivity index (χ4v) is 2.30. The van der Waals surface area contributed by atoms with E-state index in [0.717, 1.165) is 4.90 Å². The molecule has 1 aliphatic rings. The summed E-state index contributed by atoms with van der Waals surface area (Å²) in [5, 5.41) is 9.78. The SMILES string of the molecule is CC(=O)N1C(=O)C(=Nc2ccccc2O)c2ccccc21. The van der Waals surface area contributed by atoms with Gasteiger partial charge >= 0.3 is 0 Å². The summed E-state index contributed by atoms with van der Waals surface area (Å²) < 4.78 is 0. The van der Waals surface area contributed by atoms with Crippen molar-refractivity contribution in [3.8, 4) is 5.75 Å². The maximum absolute atomic E-state index is 12.4. The number of fused-ring (bicyclic) bond motifs is 1. The fraction of sp³-hybridized carbons (Fsp3) is 0.0625. The van der Waals surface area contributed by atoms with Gasteiger partial charge in [-0.25, -0.2) is 9.89 Å². The van der Waals surface area contributed by atoms with E-state index in [2.05, 4.69) is 4.99 Å². The first kappa shape index (κ1) is 13.1. The summed E-state index contributed by atoms with van der Waals surface area (Å²) in [6.45, 7) is 1.33. The molecule has 0 atom stereocenters. The van der Waals surface area contributed by atoms with Crippen molar-refractivity contribution in [3.63, 3.8) is 0 Å². The average molecular weight is 280 g/mol. The van der Waals surface area contributed by atoms with E-state index in [4.69, 9.17) is 0 Å². The molecule has 5 nitrogen and oxygen atoms in total. The van der Waals surface area contributed by atoms with Crippen molar-refractivity contribution in [1.82, 2.24) is 0 Å². The number of anilines is 1. The molecule has 1 aliphatic heterocycles. The number of rotatable bonds is 1. The molecule has 3 rings (SSSR count). The van der Waals surface area contributed by atoms with Crippen LogP contribution in [-0.2, 0) is 9.59 Å². The van der Waals surface area contributed by atoms with Gasteiger partial charge in [-0.05, 0) is 18.2 Å². The van der Waals surface area contributed by atoms with Crippen LogP contribution >= 0.6 is 0 Å². The standard InChI is InChI=1S/C16H12N2O3/c1-10(19)18-13-8-4-2-6-11(13)15(16(18)21)17-12-7-3-5-9-14(12)20/h2-9,20H,1H3. The Hall–Kier alpha value is -2.95. The Morgan fingerprint density at radius 1 is 1.10 bits per heavy atom. The van der Waals surface area contributed by atoms with E-state index in [1.165, 1.54) is 13.0 Å². The zero-order valence-electron chi connectivity index (χ0n) is 11.3. The predicted molar refractivity (Wildman–Crippen MR) is 78.9 cm³/mol. The van der Waals surface area contributed by atoms with Crippen LogP contribution in [0.15, 0.2) is 53.5 Å². The fourth-order valence-electron chi connectivity index (χ4n) is 2.30. The number of imide groups is 1. The Morgan fingerprint density at radius 2 is 1.76 bits per heavy atom. The van der Waals surface area contributed by atoms with E-state index >= 15 is 0 Å². The zero-order valence-corrected chi connectivity index (χ0v) is 11.3. The molecule has 21 heavy (non-hydrogen) atoms. The second-order valence-electron chi connectivity index (χ2n) is 4.63. The Bertz CT molecular complexity index is 781. The van der Waals surface area contributed by atoms with E-state index in [1.54, 1.807) is 42.5 Å². The average Bonchev–Trinajstić information content (AvgIpc) is 2.74. The number of para-hydroxylation sites is 3. The zero-order chi connectivity index (χ0) is 15.0. The Morgan fingerprint density at radius 3 is 2.48 bits per heavy atom. The maximum Gasteiger partial charge on any atom is 0.284 e.